The highest BCUT2D eigenvalue weighted by atomic mass is 35.5. The second-order valence-electron chi connectivity index (χ2n) is 3.38. The van der Waals surface area contributed by atoms with Crippen LogP contribution in [0.15, 0.2) is 18.2 Å². The Hall–Kier alpha value is -0.730. The summed E-state index contributed by atoms with van der Waals surface area (Å²) in [6.45, 7) is 0. The zero-order valence-corrected chi connectivity index (χ0v) is 8.18. The van der Waals surface area contributed by atoms with Crippen molar-refractivity contribution < 1.29 is 5.11 Å². The second kappa shape index (κ2) is 3.99. The molecular weight excluding hydrogens is 186 g/mol. The summed E-state index contributed by atoms with van der Waals surface area (Å²) in [6, 6.07) is 5.93. The first-order valence-electron chi connectivity index (χ1n) is 4.31. The van der Waals surface area contributed by atoms with E-state index in [1.165, 1.54) is 11.1 Å². The molecule has 1 aromatic carbocycles. The van der Waals surface area contributed by atoms with Crippen LogP contribution < -0.4 is 5.73 Å². The van der Waals surface area contributed by atoms with Gasteiger partial charge >= 0.3 is 0 Å². The number of nitrogens with two attached hydrogens (primary N) is 1. The summed E-state index contributed by atoms with van der Waals surface area (Å²) in [5, 5.41) is 9.41. The highest BCUT2D eigenvalue weighted by Gasteiger charge is 2.17. The van der Waals surface area contributed by atoms with E-state index in [0.717, 1.165) is 24.9 Å². The minimum absolute atomic E-state index is 0. The molecule has 0 heterocycles. The van der Waals surface area contributed by atoms with Crippen molar-refractivity contribution in [3.05, 3.63) is 29.3 Å². The van der Waals surface area contributed by atoms with Crippen LogP contribution >= 0.6 is 12.4 Å². The van der Waals surface area contributed by atoms with Crippen molar-refractivity contribution in [1.82, 2.24) is 0 Å². The van der Waals surface area contributed by atoms with Crippen LogP contribution in [-0.2, 0) is 12.8 Å². The molecule has 1 atom stereocenters. The summed E-state index contributed by atoms with van der Waals surface area (Å²) < 4.78 is 0. The summed E-state index contributed by atoms with van der Waals surface area (Å²) in [7, 11) is 0. The van der Waals surface area contributed by atoms with Crippen LogP contribution in [0.4, 0.5) is 5.69 Å². The molecule has 3 N–H and O–H groups in total. The van der Waals surface area contributed by atoms with Crippen molar-refractivity contribution >= 4 is 18.1 Å². The maximum Gasteiger partial charge on any atom is 0.0583 e. The largest absolute Gasteiger partial charge is 0.398 e. The molecule has 0 spiro atoms. The average Bonchev–Trinajstić information content (AvgIpc) is 2.04. The van der Waals surface area contributed by atoms with E-state index in [2.05, 4.69) is 0 Å². The van der Waals surface area contributed by atoms with Crippen molar-refractivity contribution in [2.24, 2.45) is 0 Å². The first kappa shape index (κ1) is 10.4. The standard InChI is InChI=1S/C10H13NO.ClH/c11-10-3-1-2-7-6-8(12)4-5-9(7)10;/h1-3,8,12H,4-6,11H2;1H. The Morgan fingerprint density at radius 3 is 2.92 bits per heavy atom. The van der Waals surface area contributed by atoms with Gasteiger partial charge in [0.2, 0.25) is 0 Å². The third-order valence-electron chi connectivity index (χ3n) is 2.49. The number of fused-ring (bicyclic) bond motifs is 1. The van der Waals surface area contributed by atoms with Gasteiger partial charge in [0, 0.05) is 5.69 Å². The van der Waals surface area contributed by atoms with Gasteiger partial charge in [-0.15, -0.1) is 12.4 Å². The molecule has 13 heavy (non-hydrogen) atoms. The predicted molar refractivity (Wildman–Crippen MR) is 56.1 cm³/mol. The molecule has 0 bridgehead atoms. The van der Waals surface area contributed by atoms with Crippen LogP contribution in [0.1, 0.15) is 17.5 Å². The van der Waals surface area contributed by atoms with Gasteiger partial charge in [-0.3, -0.25) is 0 Å². The van der Waals surface area contributed by atoms with Gasteiger partial charge in [0.15, 0.2) is 0 Å². The molecule has 0 fully saturated rings. The SMILES string of the molecule is Cl.Nc1cccc2c1CCC(O)C2. The Bertz CT molecular complexity index is 301. The molecule has 2 rings (SSSR count). The lowest BCUT2D eigenvalue weighted by atomic mass is 9.89. The molecule has 0 saturated heterocycles. The van der Waals surface area contributed by atoms with E-state index in [1.807, 2.05) is 18.2 Å². The summed E-state index contributed by atoms with van der Waals surface area (Å²) >= 11 is 0. The smallest absolute Gasteiger partial charge is 0.0583 e. The monoisotopic (exact) mass is 199 g/mol. The van der Waals surface area contributed by atoms with E-state index in [4.69, 9.17) is 5.73 Å². The maximum absolute atomic E-state index is 9.41. The van der Waals surface area contributed by atoms with Gasteiger partial charge in [0.1, 0.15) is 0 Å². The number of halogens is 1. The highest BCUT2D eigenvalue weighted by Crippen LogP contribution is 2.25. The van der Waals surface area contributed by atoms with Crippen LogP contribution in [0.2, 0.25) is 0 Å². The van der Waals surface area contributed by atoms with E-state index < -0.39 is 0 Å². The summed E-state index contributed by atoms with van der Waals surface area (Å²) in [5.41, 5.74) is 9.13. The molecule has 1 aromatic rings. The molecular formula is C10H14ClNO. The molecule has 0 aromatic heterocycles. The Morgan fingerprint density at radius 2 is 2.15 bits per heavy atom. The third-order valence-corrected chi connectivity index (χ3v) is 2.49. The number of rotatable bonds is 0. The summed E-state index contributed by atoms with van der Waals surface area (Å²) in [4.78, 5) is 0. The zero-order chi connectivity index (χ0) is 8.55. The lowest BCUT2D eigenvalue weighted by molar-refractivity contribution is 0.159. The quantitative estimate of drug-likeness (QED) is 0.623. The third kappa shape index (κ3) is 1.95. The number of anilines is 1. The Morgan fingerprint density at radius 1 is 1.38 bits per heavy atom. The molecule has 0 radical (unpaired) electrons. The zero-order valence-electron chi connectivity index (χ0n) is 7.36. The van der Waals surface area contributed by atoms with E-state index in [0.29, 0.717) is 0 Å². The fourth-order valence-corrected chi connectivity index (χ4v) is 1.82. The second-order valence-corrected chi connectivity index (χ2v) is 3.38. The van der Waals surface area contributed by atoms with Crippen molar-refractivity contribution in [2.75, 3.05) is 5.73 Å². The van der Waals surface area contributed by atoms with Crippen molar-refractivity contribution in [2.45, 2.75) is 25.4 Å². The predicted octanol–water partition coefficient (Wildman–Crippen LogP) is 1.54. The molecule has 0 aliphatic heterocycles. The average molecular weight is 200 g/mol. The van der Waals surface area contributed by atoms with E-state index >= 15 is 0 Å². The fraction of sp³-hybridized carbons (Fsp3) is 0.400. The van der Waals surface area contributed by atoms with Gasteiger partial charge in [-0.1, -0.05) is 12.1 Å². The van der Waals surface area contributed by atoms with Gasteiger partial charge < -0.3 is 10.8 Å². The van der Waals surface area contributed by atoms with Gasteiger partial charge in [-0.2, -0.15) is 0 Å². The molecule has 1 aliphatic carbocycles. The molecule has 0 amide bonds. The van der Waals surface area contributed by atoms with E-state index in [9.17, 15) is 5.11 Å². The maximum atomic E-state index is 9.41. The number of hydrogen-bond donors (Lipinski definition) is 2. The minimum Gasteiger partial charge on any atom is -0.398 e. The van der Waals surface area contributed by atoms with E-state index in [-0.39, 0.29) is 18.5 Å². The first-order chi connectivity index (χ1) is 5.77. The Labute approximate surface area is 84.2 Å². The van der Waals surface area contributed by atoms with Gasteiger partial charge in [-0.25, -0.2) is 0 Å². The number of nitrogen functional groups attached to an aromatic ring is 1. The van der Waals surface area contributed by atoms with Crippen LogP contribution in [0, 0.1) is 0 Å². The normalized spacial score (nSPS) is 20.2. The number of aliphatic hydroxyl groups is 1. The Kier molecular flexibility index (Phi) is 3.17. The fourth-order valence-electron chi connectivity index (χ4n) is 1.82. The van der Waals surface area contributed by atoms with Crippen molar-refractivity contribution in [1.29, 1.82) is 0 Å². The topological polar surface area (TPSA) is 46.2 Å². The van der Waals surface area contributed by atoms with Crippen LogP contribution in [-0.4, -0.2) is 11.2 Å². The van der Waals surface area contributed by atoms with Crippen molar-refractivity contribution in [3.8, 4) is 0 Å². The van der Waals surface area contributed by atoms with Crippen LogP contribution in [0.5, 0.6) is 0 Å². The number of benzene rings is 1. The van der Waals surface area contributed by atoms with Gasteiger partial charge in [0.05, 0.1) is 6.10 Å². The lowest BCUT2D eigenvalue weighted by Crippen LogP contribution is -2.19. The molecule has 1 unspecified atom stereocenters. The molecule has 72 valence electrons. The highest BCUT2D eigenvalue weighted by molar-refractivity contribution is 5.85. The number of aliphatic hydroxyl groups excluding tert-OH is 1. The van der Waals surface area contributed by atoms with Crippen LogP contribution in [0.25, 0.3) is 0 Å². The first-order valence-corrected chi connectivity index (χ1v) is 4.31. The van der Waals surface area contributed by atoms with E-state index in [1.54, 1.807) is 0 Å². The summed E-state index contributed by atoms with van der Waals surface area (Å²) in [5.74, 6) is 0. The lowest BCUT2D eigenvalue weighted by Gasteiger charge is -2.21. The van der Waals surface area contributed by atoms with Crippen molar-refractivity contribution in [3.63, 3.8) is 0 Å². The van der Waals surface area contributed by atoms with Crippen LogP contribution in [0.3, 0.4) is 0 Å². The molecule has 3 heteroatoms. The summed E-state index contributed by atoms with van der Waals surface area (Å²) in [6.07, 6.45) is 2.37. The number of hydrogen-bond acceptors (Lipinski definition) is 2. The minimum atomic E-state index is -0.167. The molecule has 0 saturated carbocycles. The molecule has 1 aliphatic rings. The van der Waals surface area contributed by atoms with Gasteiger partial charge in [0.25, 0.3) is 0 Å². The Balaban J connectivity index is 0.000000845. The van der Waals surface area contributed by atoms with Gasteiger partial charge in [-0.05, 0) is 36.5 Å². The molecule has 2 nitrogen and oxygen atoms in total.